The highest BCUT2D eigenvalue weighted by atomic mass is 32.2. The molecule has 0 aliphatic carbocycles. The third-order valence-corrected chi connectivity index (χ3v) is 6.59. The lowest BCUT2D eigenvalue weighted by atomic mass is 10.2. The molecular formula is C25H21N3O3S. The number of pyridine rings is 1. The van der Waals surface area contributed by atoms with Crippen LogP contribution in [-0.4, -0.2) is 19.3 Å². The second-order valence-electron chi connectivity index (χ2n) is 7.06. The van der Waals surface area contributed by atoms with Gasteiger partial charge in [-0.3, -0.25) is 14.1 Å². The van der Waals surface area contributed by atoms with Gasteiger partial charge in [0.2, 0.25) is 0 Å². The van der Waals surface area contributed by atoms with Crippen LogP contribution in [0.15, 0.2) is 114 Å². The highest BCUT2D eigenvalue weighted by Gasteiger charge is 2.26. The minimum absolute atomic E-state index is 0.0381. The predicted molar refractivity (Wildman–Crippen MR) is 125 cm³/mol. The third-order valence-electron chi connectivity index (χ3n) is 4.82. The number of rotatable bonds is 7. The number of carbonyl (C=O) groups is 1. The van der Waals surface area contributed by atoms with E-state index in [-0.39, 0.29) is 17.0 Å². The zero-order chi connectivity index (χ0) is 22.4. The van der Waals surface area contributed by atoms with Gasteiger partial charge >= 0.3 is 0 Å². The Kier molecular flexibility index (Phi) is 6.28. The van der Waals surface area contributed by atoms with Crippen LogP contribution < -0.4 is 9.62 Å². The Morgan fingerprint density at radius 1 is 0.844 bits per heavy atom. The molecule has 0 spiro atoms. The zero-order valence-corrected chi connectivity index (χ0v) is 17.9. The quantitative estimate of drug-likeness (QED) is 0.448. The molecular weight excluding hydrogens is 422 g/mol. The van der Waals surface area contributed by atoms with Crippen molar-refractivity contribution < 1.29 is 13.2 Å². The smallest absolute Gasteiger partial charge is 0.264 e. The first-order valence-corrected chi connectivity index (χ1v) is 11.4. The van der Waals surface area contributed by atoms with E-state index >= 15 is 0 Å². The molecule has 32 heavy (non-hydrogen) atoms. The lowest BCUT2D eigenvalue weighted by molar-refractivity contribution is 0.102. The van der Waals surface area contributed by atoms with Gasteiger partial charge in [0.05, 0.1) is 29.0 Å². The van der Waals surface area contributed by atoms with Gasteiger partial charge < -0.3 is 5.32 Å². The van der Waals surface area contributed by atoms with Crippen molar-refractivity contribution in [3.63, 3.8) is 0 Å². The Balaban J connectivity index is 1.68. The number of sulfonamides is 1. The molecule has 0 aliphatic rings. The van der Waals surface area contributed by atoms with Crippen LogP contribution in [0.5, 0.6) is 0 Å². The molecule has 4 rings (SSSR count). The molecule has 0 atom stereocenters. The number of aromatic nitrogens is 1. The molecule has 1 aromatic heterocycles. The second kappa shape index (κ2) is 9.45. The van der Waals surface area contributed by atoms with Crippen LogP contribution in [0.25, 0.3) is 0 Å². The summed E-state index contributed by atoms with van der Waals surface area (Å²) in [7, 11) is -3.94. The lowest BCUT2D eigenvalue weighted by Gasteiger charge is -2.25. The maximum atomic E-state index is 13.7. The van der Waals surface area contributed by atoms with Gasteiger partial charge in [-0.1, -0.05) is 54.6 Å². The van der Waals surface area contributed by atoms with E-state index in [9.17, 15) is 13.2 Å². The number of anilines is 2. The van der Waals surface area contributed by atoms with Gasteiger partial charge in [-0.05, 0) is 48.0 Å². The van der Waals surface area contributed by atoms with Crippen molar-refractivity contribution in [3.05, 3.63) is 121 Å². The van der Waals surface area contributed by atoms with Gasteiger partial charge in [0.1, 0.15) is 0 Å². The first-order valence-electron chi connectivity index (χ1n) is 9.97. The number of hydrogen-bond donors (Lipinski definition) is 1. The molecule has 4 aromatic rings. The summed E-state index contributed by atoms with van der Waals surface area (Å²) >= 11 is 0. The molecule has 0 bridgehead atoms. The van der Waals surface area contributed by atoms with Crippen molar-refractivity contribution in [1.29, 1.82) is 0 Å². The highest BCUT2D eigenvalue weighted by molar-refractivity contribution is 7.92. The van der Waals surface area contributed by atoms with Gasteiger partial charge in [0.15, 0.2) is 0 Å². The van der Waals surface area contributed by atoms with Crippen molar-refractivity contribution in [1.82, 2.24) is 4.98 Å². The molecule has 1 amide bonds. The minimum Gasteiger partial charge on any atom is -0.321 e. The Morgan fingerprint density at radius 2 is 1.56 bits per heavy atom. The Morgan fingerprint density at radius 3 is 2.25 bits per heavy atom. The van der Waals surface area contributed by atoms with Crippen LogP contribution in [0.1, 0.15) is 15.9 Å². The Bertz CT molecular complexity index is 1300. The largest absolute Gasteiger partial charge is 0.321 e. The summed E-state index contributed by atoms with van der Waals surface area (Å²) < 4.78 is 28.7. The van der Waals surface area contributed by atoms with Crippen LogP contribution in [0.4, 0.5) is 11.4 Å². The van der Waals surface area contributed by atoms with Crippen LogP contribution in [0.2, 0.25) is 0 Å². The Hall–Kier alpha value is -3.97. The standard InChI is InChI=1S/C25H21N3O3S/c29-25(27-22-12-8-16-26-18-22)21-11-7-15-24(17-21)32(30,31)28(23-13-5-2-6-14-23)19-20-9-3-1-4-10-20/h1-18H,19H2,(H,27,29). The van der Waals surface area contributed by atoms with E-state index in [0.717, 1.165) is 5.56 Å². The van der Waals surface area contributed by atoms with E-state index in [1.807, 2.05) is 36.4 Å². The molecule has 1 N–H and O–H groups in total. The zero-order valence-electron chi connectivity index (χ0n) is 17.1. The van der Waals surface area contributed by atoms with E-state index in [1.165, 1.54) is 22.6 Å². The molecule has 6 nitrogen and oxygen atoms in total. The molecule has 0 unspecified atom stereocenters. The van der Waals surface area contributed by atoms with Crippen molar-refractivity contribution in [2.24, 2.45) is 0 Å². The summed E-state index contributed by atoms with van der Waals surface area (Å²) in [6.07, 6.45) is 3.13. The summed E-state index contributed by atoms with van der Waals surface area (Å²) in [5.74, 6) is -0.413. The normalized spacial score (nSPS) is 11.0. The van der Waals surface area contributed by atoms with Gasteiger partial charge in [-0.2, -0.15) is 0 Å². The minimum atomic E-state index is -3.94. The van der Waals surface area contributed by atoms with Gasteiger partial charge in [0, 0.05) is 11.8 Å². The molecule has 3 aromatic carbocycles. The predicted octanol–water partition coefficient (Wildman–Crippen LogP) is 4.73. The SMILES string of the molecule is O=C(Nc1cccnc1)c1cccc(S(=O)(=O)N(Cc2ccccc2)c2ccccc2)c1. The summed E-state index contributed by atoms with van der Waals surface area (Å²) in [5, 5.41) is 2.73. The maximum absolute atomic E-state index is 13.7. The molecule has 0 aliphatic heterocycles. The first kappa shape index (κ1) is 21.3. The maximum Gasteiger partial charge on any atom is 0.264 e. The fraction of sp³-hybridized carbons (Fsp3) is 0.0400. The molecule has 160 valence electrons. The average Bonchev–Trinajstić information content (AvgIpc) is 2.84. The number of hydrogen-bond acceptors (Lipinski definition) is 4. The van der Waals surface area contributed by atoms with E-state index < -0.39 is 15.9 Å². The summed E-state index contributed by atoms with van der Waals surface area (Å²) in [5.41, 5.74) is 2.16. The third kappa shape index (κ3) is 4.84. The van der Waals surface area contributed by atoms with Crippen LogP contribution >= 0.6 is 0 Å². The van der Waals surface area contributed by atoms with Crippen molar-refractivity contribution in [3.8, 4) is 0 Å². The summed E-state index contributed by atoms with van der Waals surface area (Å²) in [6, 6.07) is 27.7. The number of nitrogens with zero attached hydrogens (tertiary/aromatic N) is 2. The fourth-order valence-electron chi connectivity index (χ4n) is 3.22. The van der Waals surface area contributed by atoms with Gasteiger partial charge in [-0.25, -0.2) is 8.42 Å². The summed E-state index contributed by atoms with van der Waals surface area (Å²) in [4.78, 5) is 16.7. The van der Waals surface area contributed by atoms with Crippen LogP contribution in [-0.2, 0) is 16.6 Å². The van der Waals surface area contributed by atoms with Gasteiger partial charge in [-0.15, -0.1) is 0 Å². The molecule has 1 heterocycles. The van der Waals surface area contributed by atoms with E-state index in [0.29, 0.717) is 11.4 Å². The van der Waals surface area contributed by atoms with Crippen molar-refractivity contribution in [2.45, 2.75) is 11.4 Å². The Labute approximate surface area is 187 Å². The van der Waals surface area contributed by atoms with Crippen LogP contribution in [0.3, 0.4) is 0 Å². The molecule has 0 saturated carbocycles. The van der Waals surface area contributed by atoms with Crippen molar-refractivity contribution >= 4 is 27.3 Å². The fourth-order valence-corrected chi connectivity index (χ4v) is 4.72. The molecule has 7 heteroatoms. The first-order chi connectivity index (χ1) is 15.5. The molecule has 0 saturated heterocycles. The van der Waals surface area contributed by atoms with Crippen molar-refractivity contribution in [2.75, 3.05) is 9.62 Å². The average molecular weight is 444 g/mol. The van der Waals surface area contributed by atoms with E-state index in [1.54, 1.807) is 54.7 Å². The lowest BCUT2D eigenvalue weighted by Crippen LogP contribution is -2.30. The number of amides is 1. The number of nitrogens with one attached hydrogen (secondary N) is 1. The number of para-hydroxylation sites is 1. The molecule has 0 radical (unpaired) electrons. The topological polar surface area (TPSA) is 79.4 Å². The highest BCUT2D eigenvalue weighted by Crippen LogP contribution is 2.26. The second-order valence-corrected chi connectivity index (χ2v) is 8.92. The number of benzene rings is 3. The molecule has 0 fully saturated rings. The monoisotopic (exact) mass is 443 g/mol. The summed E-state index contributed by atoms with van der Waals surface area (Å²) in [6.45, 7) is 0.166. The van der Waals surface area contributed by atoms with Gasteiger partial charge in [0.25, 0.3) is 15.9 Å². The van der Waals surface area contributed by atoms with Crippen LogP contribution in [0, 0.1) is 0 Å². The van der Waals surface area contributed by atoms with E-state index in [2.05, 4.69) is 10.3 Å². The van der Waals surface area contributed by atoms with E-state index in [4.69, 9.17) is 0 Å². The number of carbonyl (C=O) groups excluding carboxylic acids is 1.